The summed E-state index contributed by atoms with van der Waals surface area (Å²) < 4.78 is 5.11. The molecule has 7 heteroatoms. The number of anilines is 1. The molecule has 0 saturated carbocycles. The molecule has 0 aromatic heterocycles. The maximum absolute atomic E-state index is 12.5. The first-order valence-electron chi connectivity index (χ1n) is 9.17. The molecule has 2 aromatic carbocycles. The van der Waals surface area contributed by atoms with Gasteiger partial charge in [-0.2, -0.15) is 0 Å². The Hall–Kier alpha value is -2.57. The minimum absolute atomic E-state index is 0.0101. The third kappa shape index (κ3) is 6.87. The van der Waals surface area contributed by atoms with Gasteiger partial charge in [-0.15, -0.1) is 0 Å². The number of hydrogen-bond acceptors (Lipinski definition) is 3. The standard InChI is InChI=1S/C21H26ClN3O3/c1-4-25(14-20(26)23-18-9-11-19(28-3)12-10-18)15-21(27)24(2)13-16-5-7-17(22)8-6-16/h5-12H,4,13-15H2,1-3H3,(H,23,26)/p+1. The lowest BCUT2D eigenvalue weighted by molar-refractivity contribution is -0.882. The Kier molecular flexibility index (Phi) is 8.29. The van der Waals surface area contributed by atoms with Crippen molar-refractivity contribution in [3.63, 3.8) is 0 Å². The van der Waals surface area contributed by atoms with E-state index in [1.54, 1.807) is 43.3 Å². The Morgan fingerprint density at radius 1 is 1.07 bits per heavy atom. The fraction of sp³-hybridized carbons (Fsp3) is 0.333. The zero-order valence-corrected chi connectivity index (χ0v) is 17.3. The number of halogens is 1. The second-order valence-electron chi connectivity index (χ2n) is 6.61. The number of methoxy groups -OCH3 is 1. The summed E-state index contributed by atoms with van der Waals surface area (Å²) in [5.41, 5.74) is 1.71. The summed E-state index contributed by atoms with van der Waals surface area (Å²) in [6.07, 6.45) is 0. The van der Waals surface area contributed by atoms with E-state index in [2.05, 4.69) is 5.32 Å². The number of hydrogen-bond donors (Lipinski definition) is 2. The monoisotopic (exact) mass is 404 g/mol. The van der Waals surface area contributed by atoms with Crippen LogP contribution in [0.4, 0.5) is 5.69 Å². The average molecular weight is 405 g/mol. The first kappa shape index (κ1) is 21.7. The maximum atomic E-state index is 12.5. The summed E-state index contributed by atoms with van der Waals surface area (Å²) in [7, 11) is 3.36. The molecule has 150 valence electrons. The van der Waals surface area contributed by atoms with E-state index >= 15 is 0 Å². The van der Waals surface area contributed by atoms with Gasteiger partial charge in [0.2, 0.25) is 0 Å². The third-order valence-electron chi connectivity index (χ3n) is 4.44. The van der Waals surface area contributed by atoms with E-state index in [4.69, 9.17) is 16.3 Å². The molecular weight excluding hydrogens is 378 g/mol. The largest absolute Gasteiger partial charge is 0.497 e. The molecule has 0 heterocycles. The quantitative estimate of drug-likeness (QED) is 0.670. The van der Waals surface area contributed by atoms with Crippen LogP contribution < -0.4 is 15.0 Å². The number of rotatable bonds is 9. The van der Waals surface area contributed by atoms with Crippen molar-refractivity contribution in [1.82, 2.24) is 4.90 Å². The molecular formula is C21H27ClN3O3+. The molecule has 0 radical (unpaired) electrons. The van der Waals surface area contributed by atoms with E-state index in [-0.39, 0.29) is 24.9 Å². The van der Waals surface area contributed by atoms with Crippen LogP contribution >= 0.6 is 11.6 Å². The van der Waals surface area contributed by atoms with Gasteiger partial charge in [0, 0.05) is 24.3 Å². The Bertz CT molecular complexity index is 778. The molecule has 1 atom stereocenters. The number of benzene rings is 2. The van der Waals surface area contributed by atoms with Gasteiger partial charge < -0.3 is 19.9 Å². The first-order chi connectivity index (χ1) is 13.4. The van der Waals surface area contributed by atoms with Crippen molar-refractivity contribution in [2.75, 3.05) is 39.1 Å². The first-order valence-corrected chi connectivity index (χ1v) is 9.55. The minimum Gasteiger partial charge on any atom is -0.497 e. The molecule has 0 aliphatic carbocycles. The molecule has 6 nitrogen and oxygen atoms in total. The predicted octanol–water partition coefficient (Wildman–Crippen LogP) is 1.85. The zero-order chi connectivity index (χ0) is 20.5. The lowest BCUT2D eigenvalue weighted by Gasteiger charge is -2.21. The molecule has 2 amide bonds. The normalized spacial score (nSPS) is 11.6. The Morgan fingerprint density at radius 3 is 2.29 bits per heavy atom. The number of carbonyl (C=O) groups excluding carboxylic acids is 2. The summed E-state index contributed by atoms with van der Waals surface area (Å²) in [5, 5.41) is 3.52. The van der Waals surface area contributed by atoms with Crippen LogP contribution in [-0.4, -0.2) is 50.5 Å². The smallest absolute Gasteiger partial charge is 0.279 e. The Labute approximate surface area is 171 Å². The van der Waals surface area contributed by atoms with Crippen LogP contribution in [0.2, 0.25) is 5.02 Å². The number of likely N-dealkylation sites (N-methyl/N-ethyl adjacent to an activating group) is 2. The highest BCUT2D eigenvalue weighted by Gasteiger charge is 2.19. The van der Waals surface area contributed by atoms with Crippen molar-refractivity contribution >= 4 is 29.1 Å². The SMILES string of the molecule is CC[NH+](CC(=O)Nc1ccc(OC)cc1)CC(=O)N(C)Cc1ccc(Cl)cc1. The summed E-state index contributed by atoms with van der Waals surface area (Å²) in [6.45, 7) is 3.63. The second kappa shape index (κ2) is 10.7. The van der Waals surface area contributed by atoms with E-state index in [1.807, 2.05) is 31.2 Å². The fourth-order valence-electron chi connectivity index (χ4n) is 2.72. The van der Waals surface area contributed by atoms with Crippen molar-refractivity contribution in [3.8, 4) is 5.75 Å². The van der Waals surface area contributed by atoms with E-state index in [0.29, 0.717) is 23.8 Å². The van der Waals surface area contributed by atoms with E-state index < -0.39 is 0 Å². The predicted molar refractivity (Wildman–Crippen MR) is 111 cm³/mol. The van der Waals surface area contributed by atoms with Gasteiger partial charge in [0.1, 0.15) is 5.75 Å². The molecule has 0 bridgehead atoms. The Balaban J connectivity index is 1.84. The molecule has 2 aromatic rings. The number of amides is 2. The molecule has 2 rings (SSSR count). The zero-order valence-electron chi connectivity index (χ0n) is 16.5. The maximum Gasteiger partial charge on any atom is 0.279 e. The van der Waals surface area contributed by atoms with E-state index in [9.17, 15) is 9.59 Å². The second-order valence-corrected chi connectivity index (χ2v) is 7.05. The molecule has 0 saturated heterocycles. The summed E-state index contributed by atoms with van der Waals surface area (Å²) >= 11 is 5.89. The van der Waals surface area contributed by atoms with E-state index in [1.165, 1.54) is 0 Å². The van der Waals surface area contributed by atoms with Crippen LogP contribution in [0.1, 0.15) is 12.5 Å². The van der Waals surface area contributed by atoms with Crippen molar-refractivity contribution in [1.29, 1.82) is 0 Å². The lowest BCUT2D eigenvalue weighted by atomic mass is 10.2. The van der Waals surface area contributed by atoms with Crippen molar-refractivity contribution < 1.29 is 19.2 Å². The van der Waals surface area contributed by atoms with Gasteiger partial charge in [-0.25, -0.2) is 0 Å². The molecule has 1 unspecified atom stereocenters. The molecule has 0 aliphatic heterocycles. The minimum atomic E-state index is -0.129. The molecule has 0 spiro atoms. The van der Waals surface area contributed by atoms with Crippen LogP contribution in [0.5, 0.6) is 5.75 Å². The average Bonchev–Trinajstić information content (AvgIpc) is 2.69. The highest BCUT2D eigenvalue weighted by atomic mass is 35.5. The van der Waals surface area contributed by atoms with Crippen LogP contribution in [0, 0.1) is 0 Å². The van der Waals surface area contributed by atoms with Gasteiger partial charge in [-0.05, 0) is 48.9 Å². The Morgan fingerprint density at radius 2 is 1.71 bits per heavy atom. The van der Waals surface area contributed by atoms with Gasteiger partial charge in [0.05, 0.1) is 13.7 Å². The summed E-state index contributed by atoms with van der Waals surface area (Å²) in [5.74, 6) is 0.590. The molecule has 28 heavy (non-hydrogen) atoms. The number of nitrogens with one attached hydrogen (secondary N) is 2. The summed E-state index contributed by atoms with van der Waals surface area (Å²) in [6, 6.07) is 14.6. The highest BCUT2D eigenvalue weighted by molar-refractivity contribution is 6.30. The van der Waals surface area contributed by atoms with Crippen LogP contribution in [-0.2, 0) is 16.1 Å². The lowest BCUT2D eigenvalue weighted by Crippen LogP contribution is -3.13. The third-order valence-corrected chi connectivity index (χ3v) is 4.70. The van der Waals surface area contributed by atoms with Gasteiger partial charge in [-0.1, -0.05) is 23.7 Å². The topological polar surface area (TPSA) is 63.1 Å². The van der Waals surface area contributed by atoms with Crippen LogP contribution in [0.15, 0.2) is 48.5 Å². The van der Waals surface area contributed by atoms with Crippen molar-refractivity contribution in [2.24, 2.45) is 0 Å². The van der Waals surface area contributed by atoms with Crippen LogP contribution in [0.25, 0.3) is 0 Å². The van der Waals surface area contributed by atoms with Crippen LogP contribution in [0.3, 0.4) is 0 Å². The van der Waals surface area contributed by atoms with Crippen molar-refractivity contribution in [3.05, 3.63) is 59.1 Å². The number of nitrogens with zero attached hydrogens (tertiary/aromatic N) is 1. The van der Waals surface area contributed by atoms with Gasteiger partial charge in [-0.3, -0.25) is 9.59 Å². The number of quaternary nitrogens is 1. The highest BCUT2D eigenvalue weighted by Crippen LogP contribution is 2.14. The van der Waals surface area contributed by atoms with Crippen molar-refractivity contribution in [2.45, 2.75) is 13.5 Å². The van der Waals surface area contributed by atoms with Gasteiger partial charge in [0.15, 0.2) is 13.1 Å². The summed E-state index contributed by atoms with van der Waals surface area (Å²) in [4.78, 5) is 27.4. The number of carbonyl (C=O) groups is 2. The van der Waals surface area contributed by atoms with E-state index in [0.717, 1.165) is 16.2 Å². The van der Waals surface area contributed by atoms with Gasteiger partial charge >= 0.3 is 0 Å². The number of ether oxygens (including phenoxy) is 1. The molecule has 0 aliphatic rings. The molecule has 0 fully saturated rings. The van der Waals surface area contributed by atoms with Gasteiger partial charge in [0.25, 0.3) is 11.8 Å². The molecule has 2 N–H and O–H groups in total. The fourth-order valence-corrected chi connectivity index (χ4v) is 2.85.